The van der Waals surface area contributed by atoms with Crippen molar-refractivity contribution in [1.29, 1.82) is 0 Å². The van der Waals surface area contributed by atoms with Gasteiger partial charge in [0.05, 0.1) is 22.2 Å². The lowest BCUT2D eigenvalue weighted by Gasteiger charge is -2.08. The molecule has 2 N–H and O–H groups in total. The number of nitrogens with zero attached hydrogens (tertiary/aromatic N) is 2. The Bertz CT molecular complexity index is 816. The molecule has 0 fully saturated rings. The van der Waals surface area contributed by atoms with Crippen molar-refractivity contribution in [2.24, 2.45) is 0 Å². The summed E-state index contributed by atoms with van der Waals surface area (Å²) in [6.45, 7) is 0. The average molecular weight is 281 g/mol. The van der Waals surface area contributed by atoms with Gasteiger partial charge in [0.1, 0.15) is 5.75 Å². The number of hydrogen-bond donors (Lipinski definition) is 1. The van der Waals surface area contributed by atoms with Crippen molar-refractivity contribution in [2.75, 3.05) is 5.73 Å². The monoisotopic (exact) mass is 281 g/mol. The average Bonchev–Trinajstić information content (AvgIpc) is 2.49. The van der Waals surface area contributed by atoms with Crippen LogP contribution in [0.25, 0.3) is 10.8 Å². The zero-order valence-electron chi connectivity index (χ0n) is 10.9. The first-order valence-electron chi connectivity index (χ1n) is 6.20. The number of fused-ring (bicyclic) bond motifs is 1. The van der Waals surface area contributed by atoms with E-state index in [0.717, 1.165) is 0 Å². The molecule has 1 heterocycles. The van der Waals surface area contributed by atoms with Gasteiger partial charge in [-0.05, 0) is 18.2 Å². The predicted molar refractivity (Wildman–Crippen MR) is 79.3 cm³/mol. The normalized spacial score (nSPS) is 10.5. The van der Waals surface area contributed by atoms with Crippen LogP contribution in [0.3, 0.4) is 0 Å². The second kappa shape index (κ2) is 5.09. The van der Waals surface area contributed by atoms with Crippen LogP contribution in [0.5, 0.6) is 11.6 Å². The highest BCUT2D eigenvalue weighted by molar-refractivity contribution is 5.95. The van der Waals surface area contributed by atoms with E-state index < -0.39 is 4.92 Å². The Morgan fingerprint density at radius 1 is 1.05 bits per heavy atom. The van der Waals surface area contributed by atoms with Crippen LogP contribution in [0.2, 0.25) is 0 Å². The number of ether oxygens (including phenoxy) is 1. The molecule has 0 amide bonds. The number of nitro groups is 1. The predicted octanol–water partition coefficient (Wildman–Crippen LogP) is 3.52. The SMILES string of the molecule is Nc1ccc(Oc2ccc([N+](=O)[O-])c3ccccc23)nc1. The number of hydrogen-bond acceptors (Lipinski definition) is 5. The van der Waals surface area contributed by atoms with E-state index in [2.05, 4.69) is 4.98 Å². The molecular weight excluding hydrogens is 270 g/mol. The lowest BCUT2D eigenvalue weighted by atomic mass is 10.1. The van der Waals surface area contributed by atoms with Crippen LogP contribution >= 0.6 is 0 Å². The molecule has 3 aromatic rings. The molecule has 104 valence electrons. The minimum atomic E-state index is -0.409. The molecule has 0 unspecified atom stereocenters. The van der Waals surface area contributed by atoms with Crippen molar-refractivity contribution in [3.8, 4) is 11.6 Å². The quantitative estimate of drug-likeness (QED) is 0.585. The van der Waals surface area contributed by atoms with Crippen LogP contribution in [0.15, 0.2) is 54.7 Å². The minimum Gasteiger partial charge on any atom is -0.438 e. The Kier molecular flexibility index (Phi) is 3.12. The molecule has 0 saturated heterocycles. The van der Waals surface area contributed by atoms with E-state index in [-0.39, 0.29) is 5.69 Å². The Hall–Kier alpha value is -3.15. The number of non-ortho nitro benzene ring substituents is 1. The van der Waals surface area contributed by atoms with E-state index >= 15 is 0 Å². The van der Waals surface area contributed by atoms with Gasteiger partial charge in [0.25, 0.3) is 5.69 Å². The number of anilines is 1. The molecular formula is C15H11N3O3. The Balaban J connectivity index is 2.09. The first-order chi connectivity index (χ1) is 10.1. The second-order valence-corrected chi connectivity index (χ2v) is 4.42. The number of nitrogens with two attached hydrogens (primary N) is 1. The molecule has 2 aromatic carbocycles. The molecule has 6 heteroatoms. The highest BCUT2D eigenvalue weighted by atomic mass is 16.6. The number of nitrogen functional groups attached to an aromatic ring is 1. The molecule has 0 aliphatic heterocycles. The van der Waals surface area contributed by atoms with Crippen LogP contribution in [0, 0.1) is 10.1 Å². The van der Waals surface area contributed by atoms with Gasteiger partial charge in [-0.15, -0.1) is 0 Å². The van der Waals surface area contributed by atoms with E-state index in [1.165, 1.54) is 12.3 Å². The van der Waals surface area contributed by atoms with E-state index in [4.69, 9.17) is 10.5 Å². The van der Waals surface area contributed by atoms with Crippen molar-refractivity contribution in [3.63, 3.8) is 0 Å². The summed E-state index contributed by atoms with van der Waals surface area (Å²) in [6, 6.07) is 13.3. The molecule has 3 rings (SSSR count). The summed E-state index contributed by atoms with van der Waals surface area (Å²) in [6.07, 6.45) is 1.49. The fraction of sp³-hybridized carbons (Fsp3) is 0. The van der Waals surface area contributed by atoms with Crippen molar-refractivity contribution >= 4 is 22.1 Å². The molecule has 21 heavy (non-hydrogen) atoms. The molecule has 0 atom stereocenters. The highest BCUT2D eigenvalue weighted by Crippen LogP contribution is 2.34. The zero-order valence-corrected chi connectivity index (χ0v) is 10.9. The van der Waals surface area contributed by atoms with Gasteiger partial charge in [-0.2, -0.15) is 0 Å². The smallest absolute Gasteiger partial charge is 0.277 e. The lowest BCUT2D eigenvalue weighted by Crippen LogP contribution is -1.93. The maximum absolute atomic E-state index is 11.1. The second-order valence-electron chi connectivity index (χ2n) is 4.42. The third-order valence-corrected chi connectivity index (χ3v) is 3.03. The first-order valence-corrected chi connectivity index (χ1v) is 6.20. The number of aromatic nitrogens is 1. The van der Waals surface area contributed by atoms with Crippen LogP contribution in [-0.4, -0.2) is 9.91 Å². The van der Waals surface area contributed by atoms with Gasteiger partial charge >= 0.3 is 0 Å². The third kappa shape index (κ3) is 2.46. The molecule has 6 nitrogen and oxygen atoms in total. The van der Waals surface area contributed by atoms with E-state index in [1.807, 2.05) is 0 Å². The van der Waals surface area contributed by atoms with Crippen molar-refractivity contribution < 1.29 is 9.66 Å². The summed E-state index contributed by atoms with van der Waals surface area (Å²) < 4.78 is 5.69. The van der Waals surface area contributed by atoms with Gasteiger partial charge in [0.15, 0.2) is 0 Å². The van der Waals surface area contributed by atoms with E-state index in [1.54, 1.807) is 42.5 Å². The maximum atomic E-state index is 11.1. The van der Waals surface area contributed by atoms with Gasteiger partial charge in [-0.1, -0.05) is 18.2 Å². The topological polar surface area (TPSA) is 91.3 Å². The van der Waals surface area contributed by atoms with Crippen LogP contribution < -0.4 is 10.5 Å². The van der Waals surface area contributed by atoms with Gasteiger partial charge < -0.3 is 10.5 Å². The summed E-state index contributed by atoms with van der Waals surface area (Å²) in [5.74, 6) is 0.886. The fourth-order valence-corrected chi connectivity index (χ4v) is 2.07. The van der Waals surface area contributed by atoms with Crippen LogP contribution in [-0.2, 0) is 0 Å². The minimum absolute atomic E-state index is 0.0446. The summed E-state index contributed by atoms with van der Waals surface area (Å²) >= 11 is 0. The summed E-state index contributed by atoms with van der Waals surface area (Å²) in [4.78, 5) is 14.7. The number of pyridine rings is 1. The summed E-state index contributed by atoms with van der Waals surface area (Å²) in [7, 11) is 0. The van der Waals surface area contributed by atoms with Gasteiger partial charge in [-0.25, -0.2) is 4.98 Å². The first kappa shape index (κ1) is 12.9. The lowest BCUT2D eigenvalue weighted by molar-refractivity contribution is -0.383. The van der Waals surface area contributed by atoms with Crippen molar-refractivity contribution in [3.05, 3.63) is 64.8 Å². The van der Waals surface area contributed by atoms with Crippen LogP contribution in [0.1, 0.15) is 0 Å². The molecule has 0 radical (unpaired) electrons. The van der Waals surface area contributed by atoms with Gasteiger partial charge in [-0.3, -0.25) is 10.1 Å². The molecule has 0 spiro atoms. The molecule has 1 aromatic heterocycles. The van der Waals surface area contributed by atoms with Gasteiger partial charge in [0.2, 0.25) is 5.88 Å². The van der Waals surface area contributed by atoms with Gasteiger partial charge in [0, 0.05) is 17.5 Å². The van der Waals surface area contributed by atoms with Crippen molar-refractivity contribution in [2.45, 2.75) is 0 Å². The Morgan fingerprint density at radius 3 is 2.48 bits per heavy atom. The number of benzene rings is 2. The summed E-state index contributed by atoms with van der Waals surface area (Å²) in [5.41, 5.74) is 6.15. The zero-order chi connectivity index (χ0) is 14.8. The molecule has 0 bridgehead atoms. The van der Waals surface area contributed by atoms with E-state index in [0.29, 0.717) is 28.1 Å². The summed E-state index contributed by atoms with van der Waals surface area (Å²) in [5, 5.41) is 12.2. The van der Waals surface area contributed by atoms with Crippen LogP contribution in [0.4, 0.5) is 11.4 Å². The van der Waals surface area contributed by atoms with E-state index in [9.17, 15) is 10.1 Å². The molecule has 0 saturated carbocycles. The highest BCUT2D eigenvalue weighted by Gasteiger charge is 2.15. The Labute approximate surface area is 119 Å². The number of nitro benzene ring substituents is 1. The largest absolute Gasteiger partial charge is 0.438 e. The maximum Gasteiger partial charge on any atom is 0.277 e. The fourth-order valence-electron chi connectivity index (χ4n) is 2.07. The van der Waals surface area contributed by atoms with Crippen molar-refractivity contribution in [1.82, 2.24) is 4.98 Å². The Morgan fingerprint density at radius 2 is 1.81 bits per heavy atom. The molecule has 0 aliphatic rings. The third-order valence-electron chi connectivity index (χ3n) is 3.03. The standard InChI is InChI=1S/C15H11N3O3/c16-10-5-8-15(17-9-10)21-14-7-6-13(18(19)20)11-3-1-2-4-12(11)14/h1-9H,16H2. The molecule has 0 aliphatic carbocycles. The number of rotatable bonds is 3.